The fourth-order valence-corrected chi connectivity index (χ4v) is 0.710. The zero-order valence-electron chi connectivity index (χ0n) is 6.53. The van der Waals surface area contributed by atoms with E-state index in [2.05, 4.69) is 14.9 Å². The molecule has 0 fully saturated rings. The third kappa shape index (κ3) is 1.91. The van der Waals surface area contributed by atoms with Gasteiger partial charge in [0.1, 0.15) is 12.1 Å². The smallest absolute Gasteiger partial charge is 0.313 e. The van der Waals surface area contributed by atoms with Crippen molar-refractivity contribution in [2.45, 2.75) is 6.42 Å². The third-order valence-electron chi connectivity index (χ3n) is 1.33. The van der Waals surface area contributed by atoms with E-state index in [4.69, 9.17) is 0 Å². The summed E-state index contributed by atoms with van der Waals surface area (Å²) in [5, 5.41) is 6.04. The minimum atomic E-state index is -0.547. The van der Waals surface area contributed by atoms with Crippen LogP contribution < -0.4 is 0 Å². The number of nitrogens with zero attached hydrogens (tertiary/aromatic N) is 1. The molecule has 0 aliphatic carbocycles. The van der Waals surface area contributed by atoms with Crippen LogP contribution in [0.25, 0.3) is 0 Å². The number of ether oxygens (including phenoxy) is 1. The van der Waals surface area contributed by atoms with Crippen molar-refractivity contribution >= 4 is 11.8 Å². The summed E-state index contributed by atoms with van der Waals surface area (Å²) < 4.78 is 4.32. The third-order valence-corrected chi connectivity index (χ3v) is 1.33. The van der Waals surface area contributed by atoms with Gasteiger partial charge >= 0.3 is 5.97 Å². The Hall–Kier alpha value is -1.65. The van der Waals surface area contributed by atoms with Gasteiger partial charge in [0, 0.05) is 6.20 Å². The standard InChI is InChI=1S/C7H8N2O3/c1-12-7(11)4-6(10)5-2-3-8-9-5/h2-3H,4H2,1H3,(H,8,9). The SMILES string of the molecule is COC(=O)CC(=O)c1ccn[nH]1. The first-order chi connectivity index (χ1) is 5.74. The molecule has 0 bridgehead atoms. The summed E-state index contributed by atoms with van der Waals surface area (Å²) in [7, 11) is 1.24. The predicted molar refractivity (Wildman–Crippen MR) is 39.6 cm³/mol. The number of ketones is 1. The number of hydrogen-bond acceptors (Lipinski definition) is 4. The van der Waals surface area contributed by atoms with Crippen LogP contribution in [0.4, 0.5) is 0 Å². The first-order valence-corrected chi connectivity index (χ1v) is 3.33. The van der Waals surface area contributed by atoms with Crippen molar-refractivity contribution in [1.29, 1.82) is 0 Å². The molecule has 1 heterocycles. The Morgan fingerprint density at radius 2 is 2.42 bits per heavy atom. The molecule has 0 atom stereocenters. The van der Waals surface area contributed by atoms with Crippen LogP contribution in [-0.2, 0) is 9.53 Å². The lowest BCUT2D eigenvalue weighted by Gasteiger charge is -1.95. The van der Waals surface area contributed by atoms with Crippen molar-refractivity contribution in [1.82, 2.24) is 10.2 Å². The molecule has 64 valence electrons. The molecule has 1 aromatic heterocycles. The number of nitrogens with one attached hydrogen (secondary N) is 1. The second-order valence-electron chi connectivity index (χ2n) is 2.15. The van der Waals surface area contributed by atoms with Gasteiger partial charge in [0.25, 0.3) is 0 Å². The van der Waals surface area contributed by atoms with E-state index in [1.165, 1.54) is 19.4 Å². The number of esters is 1. The Morgan fingerprint density at radius 3 is 2.92 bits per heavy atom. The topological polar surface area (TPSA) is 72.1 Å². The summed E-state index contributed by atoms with van der Waals surface area (Å²) in [6.07, 6.45) is 1.20. The van der Waals surface area contributed by atoms with E-state index < -0.39 is 5.97 Å². The van der Waals surface area contributed by atoms with Gasteiger partial charge < -0.3 is 4.74 Å². The average Bonchev–Trinajstić information content (AvgIpc) is 2.56. The van der Waals surface area contributed by atoms with Gasteiger partial charge in [-0.1, -0.05) is 0 Å². The maximum atomic E-state index is 11.1. The Labute approximate surface area is 68.7 Å². The number of carbonyl (C=O) groups excluding carboxylic acids is 2. The molecule has 1 N–H and O–H groups in total. The summed E-state index contributed by atoms with van der Waals surface area (Å²) in [5.41, 5.74) is 0.320. The number of carbonyl (C=O) groups is 2. The van der Waals surface area contributed by atoms with Crippen molar-refractivity contribution in [2.24, 2.45) is 0 Å². The largest absolute Gasteiger partial charge is 0.469 e. The van der Waals surface area contributed by atoms with Gasteiger partial charge in [-0.15, -0.1) is 0 Å². The van der Waals surface area contributed by atoms with Crippen LogP contribution in [-0.4, -0.2) is 29.1 Å². The van der Waals surface area contributed by atoms with Crippen LogP contribution in [0.1, 0.15) is 16.9 Å². The van der Waals surface area contributed by atoms with Crippen LogP contribution in [0.5, 0.6) is 0 Å². The minimum absolute atomic E-state index is 0.251. The van der Waals surface area contributed by atoms with Crippen molar-refractivity contribution in [3.8, 4) is 0 Å². The Kier molecular flexibility index (Phi) is 2.57. The summed E-state index contributed by atoms with van der Waals surface area (Å²) in [4.78, 5) is 21.7. The number of methoxy groups -OCH3 is 1. The van der Waals surface area contributed by atoms with Gasteiger partial charge in [-0.3, -0.25) is 14.7 Å². The highest BCUT2D eigenvalue weighted by atomic mass is 16.5. The average molecular weight is 168 g/mol. The summed E-state index contributed by atoms with van der Waals surface area (Å²) in [6, 6.07) is 1.51. The van der Waals surface area contributed by atoms with Gasteiger partial charge in [-0.05, 0) is 6.07 Å². The molecule has 12 heavy (non-hydrogen) atoms. The molecule has 5 nitrogen and oxygen atoms in total. The van der Waals surface area contributed by atoms with E-state index in [1.807, 2.05) is 0 Å². The number of aromatic amines is 1. The van der Waals surface area contributed by atoms with Crippen LogP contribution in [0.15, 0.2) is 12.3 Å². The lowest BCUT2D eigenvalue weighted by Crippen LogP contribution is -2.09. The molecule has 1 aromatic rings. The fraction of sp³-hybridized carbons (Fsp3) is 0.286. The van der Waals surface area contributed by atoms with Crippen LogP contribution in [0, 0.1) is 0 Å². The van der Waals surface area contributed by atoms with Crippen LogP contribution in [0.2, 0.25) is 0 Å². The van der Waals surface area contributed by atoms with E-state index in [-0.39, 0.29) is 12.2 Å². The molecule has 1 rings (SSSR count). The zero-order valence-corrected chi connectivity index (χ0v) is 6.53. The Balaban J connectivity index is 2.56. The van der Waals surface area contributed by atoms with E-state index in [0.717, 1.165) is 0 Å². The van der Waals surface area contributed by atoms with E-state index in [0.29, 0.717) is 5.69 Å². The molecule has 0 spiro atoms. The molecule has 0 aliphatic heterocycles. The lowest BCUT2D eigenvalue weighted by molar-refractivity contribution is -0.139. The van der Waals surface area contributed by atoms with Crippen molar-refractivity contribution < 1.29 is 14.3 Å². The zero-order chi connectivity index (χ0) is 8.97. The molecule has 0 saturated carbocycles. The van der Waals surface area contributed by atoms with E-state index >= 15 is 0 Å². The maximum absolute atomic E-state index is 11.1. The molecule has 0 amide bonds. The summed E-state index contributed by atoms with van der Waals surface area (Å²) in [6.45, 7) is 0. The Bertz CT molecular complexity index is 279. The molecule has 5 heteroatoms. The molecular formula is C7H8N2O3. The second kappa shape index (κ2) is 3.66. The van der Waals surface area contributed by atoms with E-state index in [1.54, 1.807) is 0 Å². The second-order valence-corrected chi connectivity index (χ2v) is 2.15. The molecule has 0 unspecified atom stereocenters. The lowest BCUT2D eigenvalue weighted by atomic mass is 10.2. The minimum Gasteiger partial charge on any atom is -0.469 e. The van der Waals surface area contributed by atoms with Gasteiger partial charge in [0.15, 0.2) is 5.78 Å². The predicted octanol–water partition coefficient (Wildman–Crippen LogP) is 0.155. The highest BCUT2D eigenvalue weighted by molar-refractivity contribution is 6.04. The highest BCUT2D eigenvalue weighted by Crippen LogP contribution is 1.98. The monoisotopic (exact) mass is 168 g/mol. The van der Waals surface area contributed by atoms with Crippen molar-refractivity contribution in [3.63, 3.8) is 0 Å². The van der Waals surface area contributed by atoms with Gasteiger partial charge in [0.2, 0.25) is 0 Å². The number of H-pyrrole nitrogens is 1. The number of Topliss-reactive ketones (excluding diaryl/α,β-unsaturated/α-hetero) is 1. The first-order valence-electron chi connectivity index (χ1n) is 3.33. The van der Waals surface area contributed by atoms with Gasteiger partial charge in [-0.2, -0.15) is 5.10 Å². The van der Waals surface area contributed by atoms with Crippen molar-refractivity contribution in [2.75, 3.05) is 7.11 Å². The fourth-order valence-electron chi connectivity index (χ4n) is 0.710. The normalized spacial score (nSPS) is 9.42. The number of aromatic nitrogens is 2. The Morgan fingerprint density at radius 1 is 1.67 bits per heavy atom. The maximum Gasteiger partial charge on any atom is 0.313 e. The molecule has 0 aliphatic rings. The van der Waals surface area contributed by atoms with E-state index in [9.17, 15) is 9.59 Å². The summed E-state index contributed by atoms with van der Waals surface area (Å²) >= 11 is 0. The quantitative estimate of drug-likeness (QED) is 0.396. The first kappa shape index (κ1) is 8.45. The number of rotatable bonds is 3. The molecule has 0 aromatic carbocycles. The highest BCUT2D eigenvalue weighted by Gasteiger charge is 2.12. The summed E-state index contributed by atoms with van der Waals surface area (Å²) in [5.74, 6) is -0.867. The molecular weight excluding hydrogens is 160 g/mol. The van der Waals surface area contributed by atoms with Crippen molar-refractivity contribution in [3.05, 3.63) is 18.0 Å². The van der Waals surface area contributed by atoms with Gasteiger partial charge in [0.05, 0.1) is 7.11 Å². The van der Waals surface area contributed by atoms with Crippen LogP contribution >= 0.6 is 0 Å². The molecule has 0 saturated heterocycles. The van der Waals surface area contributed by atoms with Gasteiger partial charge in [-0.25, -0.2) is 0 Å². The molecule has 0 radical (unpaired) electrons. The number of hydrogen-bond donors (Lipinski definition) is 1. The van der Waals surface area contributed by atoms with Crippen LogP contribution in [0.3, 0.4) is 0 Å².